The first-order chi connectivity index (χ1) is 6.03. The topological polar surface area (TPSA) is 72.5 Å². The molecule has 0 spiro atoms. The molecule has 3 N–H and O–H groups in total. The summed E-state index contributed by atoms with van der Waals surface area (Å²) in [4.78, 5) is 10.4. The van der Waals surface area contributed by atoms with Gasteiger partial charge in [-0.1, -0.05) is 12.8 Å². The molecule has 0 bridgehead atoms. The minimum atomic E-state index is -0.929. The number of hydrogen-bond donors (Lipinski definition) is 2. The van der Waals surface area contributed by atoms with Crippen LogP contribution in [-0.4, -0.2) is 29.3 Å². The fourth-order valence-electron chi connectivity index (χ4n) is 1.59. The van der Waals surface area contributed by atoms with Gasteiger partial charge in [-0.3, -0.25) is 0 Å². The summed E-state index contributed by atoms with van der Waals surface area (Å²) >= 11 is 0. The lowest BCUT2D eigenvalue weighted by atomic mass is 10.0. The number of aliphatic carboxylic acids is 1. The van der Waals surface area contributed by atoms with Gasteiger partial charge in [-0.15, -0.1) is 0 Å². The molecule has 0 aromatic heterocycles. The van der Waals surface area contributed by atoms with Crippen molar-refractivity contribution in [1.82, 2.24) is 0 Å². The molecule has 0 radical (unpaired) electrons. The van der Waals surface area contributed by atoms with E-state index in [1.165, 1.54) is 6.92 Å². The van der Waals surface area contributed by atoms with Crippen molar-refractivity contribution in [1.29, 1.82) is 0 Å². The summed E-state index contributed by atoms with van der Waals surface area (Å²) in [7, 11) is 0. The van der Waals surface area contributed by atoms with Crippen LogP contribution in [0.25, 0.3) is 0 Å². The first-order valence-electron chi connectivity index (χ1n) is 4.67. The molecule has 0 amide bonds. The normalized spacial score (nSPS) is 22.9. The van der Waals surface area contributed by atoms with Gasteiger partial charge in [0, 0.05) is 5.54 Å². The van der Waals surface area contributed by atoms with Gasteiger partial charge in [-0.05, 0) is 19.8 Å². The van der Waals surface area contributed by atoms with Crippen LogP contribution in [0.15, 0.2) is 0 Å². The molecule has 1 saturated carbocycles. The molecule has 1 unspecified atom stereocenters. The zero-order valence-corrected chi connectivity index (χ0v) is 7.95. The Morgan fingerprint density at radius 1 is 1.62 bits per heavy atom. The first kappa shape index (κ1) is 10.5. The Morgan fingerprint density at radius 2 is 2.15 bits per heavy atom. The average Bonchev–Trinajstić information content (AvgIpc) is 2.48. The van der Waals surface area contributed by atoms with Crippen molar-refractivity contribution >= 4 is 5.97 Å². The standard InChI is InChI=1S/C9H17NO3/c1-7(8(11)12)13-6-9(10)4-2-3-5-9/h7H,2-6,10H2,1H3,(H,11,12). The zero-order chi connectivity index (χ0) is 9.90. The third-order valence-electron chi connectivity index (χ3n) is 2.57. The Kier molecular flexibility index (Phi) is 3.27. The van der Waals surface area contributed by atoms with Gasteiger partial charge in [-0.25, -0.2) is 4.79 Å². The maximum Gasteiger partial charge on any atom is 0.332 e. The summed E-state index contributed by atoms with van der Waals surface area (Å²) in [5.41, 5.74) is 5.72. The van der Waals surface area contributed by atoms with Crippen molar-refractivity contribution in [3.05, 3.63) is 0 Å². The molecule has 13 heavy (non-hydrogen) atoms. The molecule has 0 aliphatic heterocycles. The van der Waals surface area contributed by atoms with E-state index in [2.05, 4.69) is 0 Å². The predicted octanol–water partition coefficient (Wildman–Crippen LogP) is 0.748. The lowest BCUT2D eigenvalue weighted by Gasteiger charge is -2.24. The van der Waals surface area contributed by atoms with Crippen LogP contribution in [0.2, 0.25) is 0 Å². The molecular formula is C9H17NO3. The van der Waals surface area contributed by atoms with Gasteiger partial charge >= 0.3 is 5.97 Å². The maximum atomic E-state index is 10.4. The minimum Gasteiger partial charge on any atom is -0.479 e. The molecule has 4 heteroatoms. The molecule has 0 heterocycles. The Bertz CT molecular complexity index is 187. The van der Waals surface area contributed by atoms with E-state index in [9.17, 15) is 4.79 Å². The van der Waals surface area contributed by atoms with Crippen molar-refractivity contribution in [2.45, 2.75) is 44.2 Å². The molecule has 1 atom stereocenters. The summed E-state index contributed by atoms with van der Waals surface area (Å²) in [5, 5.41) is 8.57. The fraction of sp³-hybridized carbons (Fsp3) is 0.889. The smallest absolute Gasteiger partial charge is 0.332 e. The van der Waals surface area contributed by atoms with Crippen LogP contribution in [0, 0.1) is 0 Å². The monoisotopic (exact) mass is 187 g/mol. The van der Waals surface area contributed by atoms with Crippen molar-refractivity contribution < 1.29 is 14.6 Å². The molecule has 0 saturated heterocycles. The summed E-state index contributed by atoms with van der Waals surface area (Å²) in [6, 6.07) is 0. The van der Waals surface area contributed by atoms with Crippen molar-refractivity contribution in [3.63, 3.8) is 0 Å². The fourth-order valence-corrected chi connectivity index (χ4v) is 1.59. The second kappa shape index (κ2) is 4.07. The van der Waals surface area contributed by atoms with Gasteiger partial charge in [0.2, 0.25) is 0 Å². The minimum absolute atomic E-state index is 0.274. The Morgan fingerprint density at radius 3 is 2.62 bits per heavy atom. The largest absolute Gasteiger partial charge is 0.479 e. The van der Waals surface area contributed by atoms with E-state index in [0.29, 0.717) is 6.61 Å². The molecule has 4 nitrogen and oxygen atoms in total. The average molecular weight is 187 g/mol. The second-order valence-corrected chi connectivity index (χ2v) is 3.86. The first-order valence-corrected chi connectivity index (χ1v) is 4.67. The van der Waals surface area contributed by atoms with Crippen LogP contribution in [0.4, 0.5) is 0 Å². The van der Waals surface area contributed by atoms with E-state index < -0.39 is 12.1 Å². The van der Waals surface area contributed by atoms with Gasteiger partial charge in [-0.2, -0.15) is 0 Å². The van der Waals surface area contributed by atoms with E-state index >= 15 is 0 Å². The van der Waals surface area contributed by atoms with Crippen molar-refractivity contribution in [2.24, 2.45) is 5.73 Å². The van der Waals surface area contributed by atoms with E-state index in [4.69, 9.17) is 15.6 Å². The number of hydrogen-bond acceptors (Lipinski definition) is 3. The summed E-state index contributed by atoms with van der Waals surface area (Å²) in [5.74, 6) is -0.929. The Balaban J connectivity index is 2.28. The van der Waals surface area contributed by atoms with Crippen molar-refractivity contribution in [2.75, 3.05) is 6.61 Å². The SMILES string of the molecule is CC(OCC1(N)CCCC1)C(=O)O. The lowest BCUT2D eigenvalue weighted by Crippen LogP contribution is -2.43. The van der Waals surface area contributed by atoms with Crippen LogP contribution in [0.1, 0.15) is 32.6 Å². The molecular weight excluding hydrogens is 170 g/mol. The van der Waals surface area contributed by atoms with Gasteiger partial charge in [0.15, 0.2) is 6.10 Å². The quantitative estimate of drug-likeness (QED) is 0.681. The zero-order valence-electron chi connectivity index (χ0n) is 7.95. The third-order valence-corrected chi connectivity index (χ3v) is 2.57. The second-order valence-electron chi connectivity index (χ2n) is 3.86. The predicted molar refractivity (Wildman–Crippen MR) is 48.4 cm³/mol. The van der Waals surface area contributed by atoms with E-state index in [1.807, 2.05) is 0 Å². The molecule has 1 rings (SSSR count). The Labute approximate surface area is 78.1 Å². The van der Waals surface area contributed by atoms with Crippen LogP contribution < -0.4 is 5.73 Å². The molecule has 76 valence electrons. The van der Waals surface area contributed by atoms with Crippen molar-refractivity contribution in [3.8, 4) is 0 Å². The van der Waals surface area contributed by atoms with Gasteiger partial charge < -0.3 is 15.6 Å². The highest BCUT2D eigenvalue weighted by Gasteiger charge is 2.30. The number of rotatable bonds is 4. The number of ether oxygens (including phenoxy) is 1. The number of carboxylic acid groups (broad SMARTS) is 1. The highest BCUT2D eigenvalue weighted by molar-refractivity contribution is 5.71. The molecule has 0 aromatic rings. The van der Waals surface area contributed by atoms with E-state index in [1.54, 1.807) is 0 Å². The maximum absolute atomic E-state index is 10.4. The Hall–Kier alpha value is -0.610. The van der Waals surface area contributed by atoms with E-state index in [-0.39, 0.29) is 5.54 Å². The number of nitrogens with two attached hydrogens (primary N) is 1. The molecule has 1 aliphatic carbocycles. The summed E-state index contributed by atoms with van der Waals surface area (Å²) < 4.78 is 5.17. The van der Waals surface area contributed by atoms with Crippen LogP contribution in [0.5, 0.6) is 0 Å². The highest BCUT2D eigenvalue weighted by atomic mass is 16.5. The number of carbonyl (C=O) groups is 1. The molecule has 1 aliphatic rings. The highest BCUT2D eigenvalue weighted by Crippen LogP contribution is 2.27. The van der Waals surface area contributed by atoms with E-state index in [0.717, 1.165) is 25.7 Å². The van der Waals surface area contributed by atoms with Crippen LogP contribution in [-0.2, 0) is 9.53 Å². The summed E-state index contributed by atoms with van der Waals surface area (Å²) in [6.45, 7) is 1.89. The molecule has 0 aromatic carbocycles. The summed E-state index contributed by atoms with van der Waals surface area (Å²) in [6.07, 6.45) is 3.39. The van der Waals surface area contributed by atoms with Gasteiger partial charge in [0.1, 0.15) is 0 Å². The van der Waals surface area contributed by atoms with Gasteiger partial charge in [0.05, 0.1) is 6.61 Å². The number of carboxylic acids is 1. The third kappa shape index (κ3) is 2.97. The van der Waals surface area contributed by atoms with Gasteiger partial charge in [0.25, 0.3) is 0 Å². The lowest BCUT2D eigenvalue weighted by molar-refractivity contribution is -0.150. The van der Waals surface area contributed by atoms with Crippen LogP contribution in [0.3, 0.4) is 0 Å². The molecule has 1 fully saturated rings. The van der Waals surface area contributed by atoms with Crippen LogP contribution >= 0.6 is 0 Å².